The summed E-state index contributed by atoms with van der Waals surface area (Å²) in [5.74, 6) is 2.94. The molecule has 2 aromatic heterocycles. The first-order valence-electron chi connectivity index (χ1n) is 11.0. The van der Waals surface area contributed by atoms with E-state index in [1.807, 2.05) is 0 Å². The molecule has 0 N–H and O–H groups in total. The van der Waals surface area contributed by atoms with Crippen LogP contribution in [0.25, 0.3) is 0 Å². The SMILES string of the molecule is CC1CC(C)CN(C(=O)CSc2nnc(Cc3cccs3)n2C2CCCCC2)C1. The van der Waals surface area contributed by atoms with E-state index < -0.39 is 0 Å². The van der Waals surface area contributed by atoms with Crippen LogP contribution in [0, 0.1) is 11.8 Å². The van der Waals surface area contributed by atoms with Gasteiger partial charge in [-0.2, -0.15) is 0 Å². The van der Waals surface area contributed by atoms with E-state index in [0.29, 0.717) is 23.6 Å². The lowest BCUT2D eigenvalue weighted by Gasteiger charge is -2.35. The zero-order valence-corrected chi connectivity index (χ0v) is 19.2. The van der Waals surface area contributed by atoms with Gasteiger partial charge in [0.25, 0.3) is 0 Å². The lowest BCUT2D eigenvalue weighted by atomic mass is 9.92. The number of hydrogen-bond donors (Lipinski definition) is 0. The third-order valence-electron chi connectivity index (χ3n) is 6.13. The van der Waals surface area contributed by atoms with Crippen molar-refractivity contribution in [2.75, 3.05) is 18.8 Å². The lowest BCUT2D eigenvalue weighted by Crippen LogP contribution is -2.43. The molecule has 0 radical (unpaired) electrons. The van der Waals surface area contributed by atoms with Crippen LogP contribution in [0.3, 0.4) is 0 Å². The number of hydrogen-bond acceptors (Lipinski definition) is 5. The number of thiophene rings is 1. The first kappa shape index (κ1) is 20.9. The second-order valence-corrected chi connectivity index (χ2v) is 10.8. The number of aromatic nitrogens is 3. The van der Waals surface area contributed by atoms with Crippen LogP contribution in [-0.4, -0.2) is 44.4 Å². The van der Waals surface area contributed by atoms with Crippen molar-refractivity contribution in [1.29, 1.82) is 0 Å². The molecule has 2 fully saturated rings. The van der Waals surface area contributed by atoms with E-state index in [9.17, 15) is 4.79 Å². The van der Waals surface area contributed by atoms with E-state index in [1.54, 1.807) is 23.1 Å². The summed E-state index contributed by atoms with van der Waals surface area (Å²) in [7, 11) is 0. The number of rotatable bonds is 6. The number of amides is 1. The van der Waals surface area contributed by atoms with Gasteiger partial charge in [0.2, 0.25) is 5.91 Å². The van der Waals surface area contributed by atoms with Crippen molar-refractivity contribution in [1.82, 2.24) is 19.7 Å². The highest BCUT2D eigenvalue weighted by atomic mass is 32.2. The zero-order chi connectivity index (χ0) is 20.2. The van der Waals surface area contributed by atoms with Gasteiger partial charge in [-0.3, -0.25) is 4.79 Å². The van der Waals surface area contributed by atoms with Gasteiger partial charge in [0.05, 0.1) is 5.75 Å². The topological polar surface area (TPSA) is 51.0 Å². The molecular weight excluding hydrogens is 400 g/mol. The van der Waals surface area contributed by atoms with Crippen LogP contribution in [0.1, 0.15) is 69.1 Å². The molecule has 1 saturated heterocycles. The molecule has 0 aromatic carbocycles. The van der Waals surface area contributed by atoms with Gasteiger partial charge in [0, 0.05) is 30.4 Å². The van der Waals surface area contributed by atoms with Crippen LogP contribution in [0.2, 0.25) is 0 Å². The Morgan fingerprint density at radius 1 is 1.17 bits per heavy atom. The molecule has 1 aliphatic heterocycles. The molecule has 0 bridgehead atoms. The van der Waals surface area contributed by atoms with E-state index in [-0.39, 0.29) is 5.91 Å². The smallest absolute Gasteiger partial charge is 0.233 e. The molecule has 4 rings (SSSR count). The Morgan fingerprint density at radius 3 is 2.62 bits per heavy atom. The maximum absolute atomic E-state index is 12.9. The van der Waals surface area contributed by atoms with Gasteiger partial charge in [0.1, 0.15) is 5.82 Å². The summed E-state index contributed by atoms with van der Waals surface area (Å²) in [5, 5.41) is 12.1. The van der Waals surface area contributed by atoms with Crippen LogP contribution < -0.4 is 0 Å². The van der Waals surface area contributed by atoms with Crippen molar-refractivity contribution in [3.63, 3.8) is 0 Å². The van der Waals surface area contributed by atoms with Crippen molar-refractivity contribution in [2.45, 2.75) is 70.0 Å². The number of carbonyl (C=O) groups is 1. The second-order valence-electron chi connectivity index (χ2n) is 8.85. The van der Waals surface area contributed by atoms with Crippen molar-refractivity contribution in [3.8, 4) is 0 Å². The quantitative estimate of drug-likeness (QED) is 0.601. The average Bonchev–Trinajstić information content (AvgIpc) is 3.36. The fourth-order valence-electron chi connectivity index (χ4n) is 4.89. The van der Waals surface area contributed by atoms with Crippen LogP contribution >= 0.6 is 23.1 Å². The molecule has 2 aliphatic rings. The molecule has 1 aliphatic carbocycles. The number of thioether (sulfide) groups is 1. The van der Waals surface area contributed by atoms with E-state index in [0.717, 1.165) is 30.5 Å². The van der Waals surface area contributed by atoms with Crippen molar-refractivity contribution in [2.24, 2.45) is 11.8 Å². The van der Waals surface area contributed by atoms with E-state index in [2.05, 4.69) is 51.0 Å². The van der Waals surface area contributed by atoms with Crippen LogP contribution in [-0.2, 0) is 11.2 Å². The summed E-state index contributed by atoms with van der Waals surface area (Å²) in [6.07, 6.45) is 8.30. The number of nitrogens with zero attached hydrogens (tertiary/aromatic N) is 4. The van der Waals surface area contributed by atoms with Crippen molar-refractivity contribution >= 4 is 29.0 Å². The van der Waals surface area contributed by atoms with Crippen LogP contribution in [0.15, 0.2) is 22.7 Å². The fraction of sp³-hybridized carbons (Fsp3) is 0.682. The van der Waals surface area contributed by atoms with Crippen molar-refractivity contribution < 1.29 is 4.79 Å². The summed E-state index contributed by atoms with van der Waals surface area (Å²) >= 11 is 3.35. The maximum atomic E-state index is 12.9. The minimum absolute atomic E-state index is 0.242. The van der Waals surface area contributed by atoms with Gasteiger partial charge in [-0.05, 0) is 42.5 Å². The Kier molecular flexibility index (Phi) is 6.96. The van der Waals surface area contributed by atoms with Crippen LogP contribution in [0.5, 0.6) is 0 Å². The molecule has 1 amide bonds. The molecule has 3 heterocycles. The predicted molar refractivity (Wildman–Crippen MR) is 120 cm³/mol. The predicted octanol–water partition coefficient (Wildman–Crippen LogP) is 5.03. The average molecular weight is 433 g/mol. The Hall–Kier alpha value is -1.34. The molecule has 29 heavy (non-hydrogen) atoms. The molecule has 2 unspecified atom stereocenters. The largest absolute Gasteiger partial charge is 0.341 e. The van der Waals surface area contributed by atoms with E-state index >= 15 is 0 Å². The summed E-state index contributed by atoms with van der Waals surface area (Å²) in [5.41, 5.74) is 0. The molecule has 2 aromatic rings. The Bertz CT molecular complexity index is 788. The van der Waals surface area contributed by atoms with Gasteiger partial charge in [-0.1, -0.05) is 50.9 Å². The van der Waals surface area contributed by atoms with Gasteiger partial charge in [-0.15, -0.1) is 21.5 Å². The number of carbonyl (C=O) groups excluding carboxylic acids is 1. The minimum atomic E-state index is 0.242. The second kappa shape index (κ2) is 9.65. The molecule has 7 heteroatoms. The van der Waals surface area contributed by atoms with Crippen LogP contribution in [0.4, 0.5) is 0 Å². The van der Waals surface area contributed by atoms with E-state index in [4.69, 9.17) is 0 Å². The standard InChI is InChI=1S/C22H32N4OS2/c1-16-11-17(2)14-25(13-16)21(27)15-29-22-24-23-20(12-19-9-6-10-28-19)26(22)18-7-4-3-5-8-18/h6,9-10,16-18H,3-5,7-8,11-15H2,1-2H3. The molecule has 2 atom stereocenters. The molecule has 0 spiro atoms. The number of piperidine rings is 1. The molecule has 1 saturated carbocycles. The summed E-state index contributed by atoms with van der Waals surface area (Å²) < 4.78 is 2.36. The van der Waals surface area contributed by atoms with Gasteiger partial charge in [-0.25, -0.2) is 0 Å². The third-order valence-corrected chi connectivity index (χ3v) is 7.94. The highest BCUT2D eigenvalue weighted by Gasteiger charge is 2.27. The van der Waals surface area contributed by atoms with Gasteiger partial charge in [0.15, 0.2) is 5.16 Å². The minimum Gasteiger partial charge on any atom is -0.341 e. The highest BCUT2D eigenvalue weighted by molar-refractivity contribution is 7.99. The highest BCUT2D eigenvalue weighted by Crippen LogP contribution is 2.33. The monoisotopic (exact) mass is 432 g/mol. The molecule has 5 nitrogen and oxygen atoms in total. The molecule has 158 valence electrons. The maximum Gasteiger partial charge on any atom is 0.233 e. The van der Waals surface area contributed by atoms with Crippen molar-refractivity contribution in [3.05, 3.63) is 28.2 Å². The van der Waals surface area contributed by atoms with Gasteiger partial charge < -0.3 is 9.47 Å². The normalized spacial score (nSPS) is 23.4. The Labute approximate surface area is 182 Å². The summed E-state index contributed by atoms with van der Waals surface area (Å²) in [6, 6.07) is 4.73. The van der Waals surface area contributed by atoms with E-state index in [1.165, 1.54) is 43.4 Å². The molecular formula is C22H32N4OS2. The first-order chi connectivity index (χ1) is 14.1. The fourth-order valence-corrected chi connectivity index (χ4v) is 6.51. The third kappa shape index (κ3) is 5.23. The van der Waals surface area contributed by atoms with Gasteiger partial charge >= 0.3 is 0 Å². The Balaban J connectivity index is 1.47. The first-order valence-corrected chi connectivity index (χ1v) is 12.8. The number of likely N-dealkylation sites (tertiary alicyclic amines) is 1. The zero-order valence-electron chi connectivity index (χ0n) is 17.5. The lowest BCUT2D eigenvalue weighted by molar-refractivity contribution is -0.130. The summed E-state index contributed by atoms with van der Waals surface area (Å²) in [6.45, 7) is 6.28. The summed E-state index contributed by atoms with van der Waals surface area (Å²) in [4.78, 5) is 16.2. The Morgan fingerprint density at radius 2 is 1.93 bits per heavy atom.